The number of hydrogen-bond acceptors (Lipinski definition) is 6. The lowest BCUT2D eigenvalue weighted by Gasteiger charge is -2.24. The van der Waals surface area contributed by atoms with Crippen LogP contribution >= 0.6 is 0 Å². The second-order valence-electron chi connectivity index (χ2n) is 7.46. The predicted octanol–water partition coefficient (Wildman–Crippen LogP) is 3.63. The second kappa shape index (κ2) is 8.12. The maximum Gasteiger partial charge on any atom is 0.212 e. The van der Waals surface area contributed by atoms with E-state index in [1.807, 2.05) is 48.8 Å². The number of ether oxygens (including phenoxy) is 1. The highest BCUT2D eigenvalue weighted by atomic mass is 16.5. The number of hydrogen-bond donors (Lipinski definition) is 2. The Balaban J connectivity index is 1.47. The summed E-state index contributed by atoms with van der Waals surface area (Å²) in [6, 6.07) is 14.5. The molecule has 0 amide bonds. The topological polar surface area (TPSA) is 76.4 Å². The summed E-state index contributed by atoms with van der Waals surface area (Å²) in [5.74, 6) is 1.51. The lowest BCUT2D eigenvalue weighted by molar-refractivity contribution is 0.398. The standard InChI is InChI=1S/C23H24N6O/c1-30-23-8-6-16(13-26-23)17-5-7-22-25-14-20(29(22)15-17)19-3-2-4-21(28-19)27-18-9-11-24-12-10-18/h2-8,13-15,18,24H,9-12H2,1H3,(H,27,28). The van der Waals surface area contributed by atoms with E-state index in [0.717, 1.165) is 59.9 Å². The third kappa shape index (κ3) is 3.71. The van der Waals surface area contributed by atoms with Crippen LogP contribution in [0.2, 0.25) is 0 Å². The van der Waals surface area contributed by atoms with E-state index in [1.165, 1.54) is 0 Å². The van der Waals surface area contributed by atoms with Gasteiger partial charge >= 0.3 is 0 Å². The summed E-state index contributed by atoms with van der Waals surface area (Å²) < 4.78 is 7.24. The third-order valence-electron chi connectivity index (χ3n) is 5.49. The number of methoxy groups -OCH3 is 1. The molecule has 4 aromatic heterocycles. The van der Waals surface area contributed by atoms with E-state index in [2.05, 4.69) is 37.3 Å². The number of anilines is 1. The molecule has 0 spiro atoms. The lowest BCUT2D eigenvalue weighted by atomic mass is 10.1. The third-order valence-corrected chi connectivity index (χ3v) is 5.49. The largest absolute Gasteiger partial charge is 0.481 e. The van der Waals surface area contributed by atoms with Gasteiger partial charge in [-0.25, -0.2) is 15.0 Å². The molecule has 5 heterocycles. The number of fused-ring (bicyclic) bond motifs is 1. The van der Waals surface area contributed by atoms with Crippen LogP contribution in [0.25, 0.3) is 28.2 Å². The molecule has 7 nitrogen and oxygen atoms in total. The summed E-state index contributed by atoms with van der Waals surface area (Å²) >= 11 is 0. The monoisotopic (exact) mass is 400 g/mol. The first kappa shape index (κ1) is 18.6. The molecule has 0 aliphatic carbocycles. The fourth-order valence-corrected chi connectivity index (χ4v) is 3.85. The van der Waals surface area contributed by atoms with Crippen LogP contribution in [0.1, 0.15) is 12.8 Å². The van der Waals surface area contributed by atoms with E-state index in [-0.39, 0.29) is 0 Å². The van der Waals surface area contributed by atoms with E-state index in [4.69, 9.17) is 9.72 Å². The number of imidazole rings is 1. The number of pyridine rings is 3. The van der Waals surface area contributed by atoms with E-state index >= 15 is 0 Å². The zero-order valence-electron chi connectivity index (χ0n) is 16.9. The van der Waals surface area contributed by atoms with Crippen LogP contribution in [0.3, 0.4) is 0 Å². The first-order chi connectivity index (χ1) is 14.8. The smallest absolute Gasteiger partial charge is 0.212 e. The minimum atomic E-state index is 0.463. The molecule has 0 bridgehead atoms. The quantitative estimate of drug-likeness (QED) is 0.533. The molecule has 0 unspecified atom stereocenters. The molecule has 2 N–H and O–H groups in total. The van der Waals surface area contributed by atoms with Crippen LogP contribution in [0, 0.1) is 0 Å². The number of rotatable bonds is 5. The molecule has 1 aliphatic heterocycles. The van der Waals surface area contributed by atoms with Gasteiger partial charge in [-0.15, -0.1) is 0 Å². The molecule has 152 valence electrons. The van der Waals surface area contributed by atoms with Gasteiger partial charge in [-0.2, -0.15) is 0 Å². The highest BCUT2D eigenvalue weighted by Crippen LogP contribution is 2.25. The first-order valence-electron chi connectivity index (χ1n) is 10.2. The molecule has 0 atom stereocenters. The summed E-state index contributed by atoms with van der Waals surface area (Å²) in [5.41, 5.74) is 4.81. The SMILES string of the molecule is COc1ccc(-c2ccc3ncc(-c4cccc(NC5CCNCC5)n4)n3c2)cn1. The number of piperidine rings is 1. The predicted molar refractivity (Wildman–Crippen MR) is 118 cm³/mol. The molecule has 7 heteroatoms. The molecule has 0 saturated carbocycles. The summed E-state index contributed by atoms with van der Waals surface area (Å²) in [5, 5.41) is 6.97. The van der Waals surface area contributed by atoms with Crippen molar-refractivity contribution >= 4 is 11.5 Å². The van der Waals surface area contributed by atoms with Gasteiger partial charge in [0, 0.05) is 35.6 Å². The summed E-state index contributed by atoms with van der Waals surface area (Å²) in [6.45, 7) is 2.10. The van der Waals surface area contributed by atoms with Crippen molar-refractivity contribution in [1.82, 2.24) is 24.7 Å². The van der Waals surface area contributed by atoms with Crippen LogP contribution in [0.4, 0.5) is 5.82 Å². The second-order valence-corrected chi connectivity index (χ2v) is 7.46. The number of nitrogens with zero attached hydrogens (tertiary/aromatic N) is 4. The Bertz CT molecular complexity index is 1150. The van der Waals surface area contributed by atoms with Gasteiger partial charge in [-0.3, -0.25) is 4.40 Å². The average molecular weight is 400 g/mol. The highest BCUT2D eigenvalue weighted by Gasteiger charge is 2.14. The molecule has 5 rings (SSSR count). The van der Waals surface area contributed by atoms with Crippen LogP contribution in [0.15, 0.2) is 61.1 Å². The zero-order chi connectivity index (χ0) is 20.3. The van der Waals surface area contributed by atoms with Gasteiger partial charge in [0.2, 0.25) is 5.88 Å². The van der Waals surface area contributed by atoms with E-state index in [0.29, 0.717) is 11.9 Å². The van der Waals surface area contributed by atoms with E-state index < -0.39 is 0 Å². The normalized spacial score (nSPS) is 14.7. The van der Waals surface area contributed by atoms with Crippen molar-refractivity contribution in [2.75, 3.05) is 25.5 Å². The van der Waals surface area contributed by atoms with Crippen molar-refractivity contribution in [2.45, 2.75) is 18.9 Å². The van der Waals surface area contributed by atoms with Crippen molar-refractivity contribution in [3.8, 4) is 28.4 Å². The Labute approximate surface area is 175 Å². The molecule has 1 saturated heterocycles. The minimum Gasteiger partial charge on any atom is -0.481 e. The van der Waals surface area contributed by atoms with Crippen molar-refractivity contribution in [3.63, 3.8) is 0 Å². The van der Waals surface area contributed by atoms with Crippen molar-refractivity contribution in [3.05, 3.63) is 61.1 Å². The van der Waals surface area contributed by atoms with Crippen LogP contribution in [0.5, 0.6) is 5.88 Å². The average Bonchev–Trinajstić information content (AvgIpc) is 3.23. The van der Waals surface area contributed by atoms with Gasteiger partial charge < -0.3 is 15.4 Å². The van der Waals surface area contributed by atoms with Crippen molar-refractivity contribution in [1.29, 1.82) is 0 Å². The Kier molecular flexibility index (Phi) is 5.03. The molecule has 4 aromatic rings. The highest BCUT2D eigenvalue weighted by molar-refractivity contribution is 5.68. The first-order valence-corrected chi connectivity index (χ1v) is 10.2. The Hall–Kier alpha value is -3.45. The molecule has 30 heavy (non-hydrogen) atoms. The summed E-state index contributed by atoms with van der Waals surface area (Å²) in [7, 11) is 1.62. The van der Waals surface area contributed by atoms with Gasteiger partial charge in [-0.1, -0.05) is 6.07 Å². The maximum atomic E-state index is 5.16. The number of nitrogens with one attached hydrogen (secondary N) is 2. The van der Waals surface area contributed by atoms with E-state index in [1.54, 1.807) is 7.11 Å². The summed E-state index contributed by atoms with van der Waals surface area (Å²) in [6.07, 6.45) is 8.00. The van der Waals surface area contributed by atoms with Crippen LogP contribution < -0.4 is 15.4 Å². The Morgan fingerprint density at radius 2 is 1.87 bits per heavy atom. The summed E-state index contributed by atoms with van der Waals surface area (Å²) in [4.78, 5) is 13.7. The van der Waals surface area contributed by atoms with E-state index in [9.17, 15) is 0 Å². The lowest BCUT2D eigenvalue weighted by Crippen LogP contribution is -2.35. The van der Waals surface area contributed by atoms with Gasteiger partial charge in [0.25, 0.3) is 0 Å². The zero-order valence-corrected chi connectivity index (χ0v) is 16.9. The maximum absolute atomic E-state index is 5.16. The van der Waals surface area contributed by atoms with Gasteiger partial charge in [0.05, 0.1) is 24.7 Å². The van der Waals surface area contributed by atoms with Crippen LogP contribution in [-0.4, -0.2) is 45.6 Å². The van der Waals surface area contributed by atoms with Crippen molar-refractivity contribution in [2.24, 2.45) is 0 Å². The molecular weight excluding hydrogens is 376 g/mol. The minimum absolute atomic E-state index is 0.463. The Morgan fingerprint density at radius 3 is 2.67 bits per heavy atom. The fourth-order valence-electron chi connectivity index (χ4n) is 3.85. The molecule has 0 aromatic carbocycles. The van der Waals surface area contributed by atoms with Crippen LogP contribution in [-0.2, 0) is 0 Å². The molecule has 0 radical (unpaired) electrons. The molecular formula is C23H24N6O. The molecule has 1 aliphatic rings. The van der Waals surface area contributed by atoms with Gasteiger partial charge in [-0.05, 0) is 56.3 Å². The van der Waals surface area contributed by atoms with Gasteiger partial charge in [0.1, 0.15) is 11.5 Å². The Morgan fingerprint density at radius 1 is 1.00 bits per heavy atom. The number of aromatic nitrogens is 4. The van der Waals surface area contributed by atoms with Crippen molar-refractivity contribution < 1.29 is 4.74 Å². The fraction of sp³-hybridized carbons (Fsp3) is 0.261. The van der Waals surface area contributed by atoms with Gasteiger partial charge in [0.15, 0.2) is 0 Å². The molecule has 1 fully saturated rings.